The largest absolute Gasteiger partial charge is 0.324 e. The summed E-state index contributed by atoms with van der Waals surface area (Å²) in [6.07, 6.45) is 5.00. The molecule has 0 unspecified atom stereocenters. The number of hydrogen-bond donors (Lipinski definition) is 1. The molecule has 0 aliphatic heterocycles. The Morgan fingerprint density at radius 1 is 1.18 bits per heavy atom. The van der Waals surface area contributed by atoms with Crippen LogP contribution in [0.4, 0.5) is 0 Å². The fraction of sp³-hybridized carbons (Fsp3) is 0.600. The van der Waals surface area contributed by atoms with E-state index in [0.29, 0.717) is 0 Å². The van der Waals surface area contributed by atoms with E-state index in [1.54, 1.807) is 0 Å². The number of nitrogens with zero attached hydrogens (tertiary/aromatic N) is 1. The molecule has 2 N–H and O–H groups in total. The van der Waals surface area contributed by atoms with Crippen molar-refractivity contribution in [1.29, 1.82) is 0 Å². The highest BCUT2D eigenvalue weighted by Gasteiger charge is 2.30. The predicted molar refractivity (Wildman–Crippen MR) is 72.8 cm³/mol. The quantitative estimate of drug-likeness (QED) is 0.846. The summed E-state index contributed by atoms with van der Waals surface area (Å²) in [5.74, 6) is 0. The second-order valence-corrected chi connectivity index (χ2v) is 5.36. The second kappa shape index (κ2) is 5.65. The van der Waals surface area contributed by atoms with Crippen LogP contribution in [0.2, 0.25) is 0 Å². The van der Waals surface area contributed by atoms with Crippen molar-refractivity contribution >= 4 is 0 Å². The van der Waals surface area contributed by atoms with Gasteiger partial charge in [0.25, 0.3) is 0 Å². The minimum Gasteiger partial charge on any atom is -0.324 e. The average molecular weight is 232 g/mol. The van der Waals surface area contributed by atoms with Crippen LogP contribution in [0.15, 0.2) is 30.3 Å². The molecule has 1 aromatic carbocycles. The first-order valence-electron chi connectivity index (χ1n) is 6.77. The molecule has 17 heavy (non-hydrogen) atoms. The summed E-state index contributed by atoms with van der Waals surface area (Å²) in [6, 6.07) is 10.7. The Morgan fingerprint density at radius 3 is 2.41 bits per heavy atom. The van der Waals surface area contributed by atoms with E-state index in [9.17, 15) is 0 Å². The van der Waals surface area contributed by atoms with Gasteiger partial charge in [0.05, 0.1) is 0 Å². The lowest BCUT2D eigenvalue weighted by Gasteiger charge is -2.31. The predicted octanol–water partition coefficient (Wildman–Crippen LogP) is 2.78. The molecule has 0 heterocycles. The molecule has 2 nitrogen and oxygen atoms in total. The van der Waals surface area contributed by atoms with Crippen LogP contribution in [0.1, 0.15) is 38.2 Å². The summed E-state index contributed by atoms with van der Waals surface area (Å²) in [7, 11) is 0. The summed E-state index contributed by atoms with van der Waals surface area (Å²) in [4.78, 5) is 2.47. The molecule has 0 spiro atoms. The zero-order valence-electron chi connectivity index (χ0n) is 10.9. The Bertz CT molecular complexity index is 328. The van der Waals surface area contributed by atoms with Gasteiger partial charge in [0, 0.05) is 18.6 Å². The summed E-state index contributed by atoms with van der Waals surface area (Å²) >= 11 is 0. The van der Waals surface area contributed by atoms with Crippen molar-refractivity contribution in [2.75, 3.05) is 13.1 Å². The van der Waals surface area contributed by atoms with E-state index < -0.39 is 0 Å². The molecular weight excluding hydrogens is 208 g/mol. The number of nitrogens with two attached hydrogens (primary N) is 1. The molecule has 1 aromatic rings. The lowest BCUT2D eigenvalue weighted by molar-refractivity contribution is 0.211. The lowest BCUT2D eigenvalue weighted by atomic mass is 9.98. The molecule has 94 valence electrons. The zero-order chi connectivity index (χ0) is 12.1. The van der Waals surface area contributed by atoms with E-state index >= 15 is 0 Å². The maximum atomic E-state index is 6.45. The van der Waals surface area contributed by atoms with Gasteiger partial charge in [-0.25, -0.2) is 0 Å². The van der Waals surface area contributed by atoms with Crippen LogP contribution < -0.4 is 5.73 Å². The Morgan fingerprint density at radius 2 is 1.82 bits per heavy atom. The fourth-order valence-electron chi connectivity index (χ4n) is 2.80. The van der Waals surface area contributed by atoms with Crippen LogP contribution in [-0.2, 0) is 6.54 Å². The highest BCUT2D eigenvalue weighted by atomic mass is 15.1. The van der Waals surface area contributed by atoms with Crippen molar-refractivity contribution in [3.05, 3.63) is 35.9 Å². The topological polar surface area (TPSA) is 29.3 Å². The van der Waals surface area contributed by atoms with Gasteiger partial charge in [0.1, 0.15) is 0 Å². The number of likely N-dealkylation sites (N-methyl/N-ethyl adjacent to an activating group) is 1. The molecule has 0 saturated heterocycles. The van der Waals surface area contributed by atoms with Crippen LogP contribution in [0.25, 0.3) is 0 Å². The van der Waals surface area contributed by atoms with E-state index in [2.05, 4.69) is 42.2 Å². The Labute approximate surface area is 105 Å². The minimum atomic E-state index is 0.0742. The van der Waals surface area contributed by atoms with Crippen molar-refractivity contribution < 1.29 is 0 Å². The van der Waals surface area contributed by atoms with Crippen molar-refractivity contribution in [3.63, 3.8) is 0 Å². The number of benzene rings is 1. The molecule has 0 aromatic heterocycles. The summed E-state index contributed by atoms with van der Waals surface area (Å²) in [5, 5.41) is 0. The summed E-state index contributed by atoms with van der Waals surface area (Å²) in [5.41, 5.74) is 7.91. The molecule has 1 aliphatic carbocycles. The SMILES string of the molecule is CCN(Cc1ccccc1)CC1(N)CCCC1. The third kappa shape index (κ3) is 3.55. The number of rotatable bonds is 5. The first kappa shape index (κ1) is 12.6. The first-order valence-corrected chi connectivity index (χ1v) is 6.77. The van der Waals surface area contributed by atoms with Gasteiger partial charge in [0.15, 0.2) is 0 Å². The molecule has 1 fully saturated rings. The van der Waals surface area contributed by atoms with Gasteiger partial charge >= 0.3 is 0 Å². The van der Waals surface area contributed by atoms with E-state index in [4.69, 9.17) is 5.73 Å². The molecule has 0 bridgehead atoms. The van der Waals surface area contributed by atoms with Gasteiger partial charge in [-0.05, 0) is 24.9 Å². The van der Waals surface area contributed by atoms with Gasteiger partial charge in [-0.1, -0.05) is 50.1 Å². The van der Waals surface area contributed by atoms with Crippen LogP contribution in [-0.4, -0.2) is 23.5 Å². The smallest absolute Gasteiger partial charge is 0.0283 e. The normalized spacial score (nSPS) is 18.8. The van der Waals surface area contributed by atoms with E-state index in [-0.39, 0.29) is 5.54 Å². The fourth-order valence-corrected chi connectivity index (χ4v) is 2.80. The number of hydrogen-bond acceptors (Lipinski definition) is 2. The summed E-state index contributed by atoms with van der Waals surface area (Å²) < 4.78 is 0. The third-order valence-corrected chi connectivity index (χ3v) is 3.83. The molecule has 0 atom stereocenters. The van der Waals surface area contributed by atoms with Crippen molar-refractivity contribution in [1.82, 2.24) is 4.90 Å². The maximum Gasteiger partial charge on any atom is 0.0283 e. The van der Waals surface area contributed by atoms with Gasteiger partial charge < -0.3 is 5.73 Å². The molecule has 1 aliphatic rings. The zero-order valence-corrected chi connectivity index (χ0v) is 10.9. The van der Waals surface area contributed by atoms with Gasteiger partial charge in [-0.3, -0.25) is 4.90 Å². The second-order valence-electron chi connectivity index (χ2n) is 5.36. The van der Waals surface area contributed by atoms with Crippen LogP contribution in [0.5, 0.6) is 0 Å². The Balaban J connectivity index is 1.93. The van der Waals surface area contributed by atoms with Gasteiger partial charge in [-0.2, -0.15) is 0 Å². The molecule has 0 radical (unpaired) electrons. The van der Waals surface area contributed by atoms with E-state index in [1.165, 1.54) is 31.2 Å². The van der Waals surface area contributed by atoms with Crippen LogP contribution >= 0.6 is 0 Å². The van der Waals surface area contributed by atoms with Crippen molar-refractivity contribution in [2.24, 2.45) is 5.73 Å². The van der Waals surface area contributed by atoms with Crippen molar-refractivity contribution in [3.8, 4) is 0 Å². The van der Waals surface area contributed by atoms with Gasteiger partial charge in [0.2, 0.25) is 0 Å². The molecule has 1 saturated carbocycles. The lowest BCUT2D eigenvalue weighted by Crippen LogP contribution is -2.47. The molecular formula is C15H24N2. The maximum absolute atomic E-state index is 6.45. The first-order chi connectivity index (χ1) is 8.22. The summed E-state index contributed by atoms with van der Waals surface area (Å²) in [6.45, 7) is 5.36. The highest BCUT2D eigenvalue weighted by molar-refractivity contribution is 5.14. The Kier molecular flexibility index (Phi) is 4.19. The standard InChI is InChI=1S/C15H24N2/c1-2-17(12-14-8-4-3-5-9-14)13-15(16)10-6-7-11-15/h3-5,8-9H,2,6-7,10-13,16H2,1H3. The van der Waals surface area contributed by atoms with Crippen LogP contribution in [0.3, 0.4) is 0 Å². The monoisotopic (exact) mass is 232 g/mol. The average Bonchev–Trinajstić information content (AvgIpc) is 2.76. The Hall–Kier alpha value is -0.860. The van der Waals surface area contributed by atoms with E-state index in [1.807, 2.05) is 0 Å². The van der Waals surface area contributed by atoms with Gasteiger partial charge in [-0.15, -0.1) is 0 Å². The van der Waals surface area contributed by atoms with Crippen LogP contribution in [0, 0.1) is 0 Å². The molecule has 2 heteroatoms. The molecule has 2 rings (SSSR count). The van der Waals surface area contributed by atoms with Crippen molar-refractivity contribution in [2.45, 2.75) is 44.7 Å². The minimum absolute atomic E-state index is 0.0742. The van der Waals surface area contributed by atoms with E-state index in [0.717, 1.165) is 19.6 Å². The third-order valence-electron chi connectivity index (χ3n) is 3.83. The molecule has 0 amide bonds. The highest BCUT2D eigenvalue weighted by Crippen LogP contribution is 2.28.